The van der Waals surface area contributed by atoms with Gasteiger partial charge in [-0.05, 0) is 36.4 Å². The molecule has 0 radical (unpaired) electrons. The lowest BCUT2D eigenvalue weighted by Gasteiger charge is -2.29. The molecule has 0 amide bonds. The Kier molecular flexibility index (Phi) is 5.99. The summed E-state index contributed by atoms with van der Waals surface area (Å²) in [6.07, 6.45) is 1.11. The molecule has 2 aromatic carbocycles. The van der Waals surface area contributed by atoms with E-state index in [1.54, 1.807) is 18.2 Å². The fraction of sp³-hybridized carbons (Fsp3) is 0.200. The molecule has 0 unspecified atom stereocenters. The number of benzene rings is 2. The molecule has 150 valence electrons. The molecule has 9 heteroatoms. The maximum Gasteiger partial charge on any atom is 0.229 e. The Labute approximate surface area is 177 Å². The summed E-state index contributed by atoms with van der Waals surface area (Å²) < 4.78 is 19.6. The Morgan fingerprint density at radius 3 is 2.55 bits per heavy atom. The molecule has 0 bridgehead atoms. The summed E-state index contributed by atoms with van der Waals surface area (Å²) in [7, 11) is 0. The van der Waals surface area contributed by atoms with Crippen LogP contribution in [0.5, 0.6) is 0 Å². The van der Waals surface area contributed by atoms with E-state index in [4.69, 9.17) is 27.9 Å². The largest absolute Gasteiger partial charge is 0.378 e. The van der Waals surface area contributed by atoms with Crippen LogP contribution in [0.15, 0.2) is 48.7 Å². The van der Waals surface area contributed by atoms with Crippen LogP contribution < -0.4 is 15.5 Å². The van der Waals surface area contributed by atoms with Crippen LogP contribution in [-0.4, -0.2) is 36.3 Å². The summed E-state index contributed by atoms with van der Waals surface area (Å²) in [6.45, 7) is 3.10. The maximum absolute atomic E-state index is 14.2. The van der Waals surface area contributed by atoms with Crippen molar-refractivity contribution >= 4 is 52.0 Å². The van der Waals surface area contributed by atoms with Gasteiger partial charge in [-0.2, -0.15) is 4.98 Å². The number of aromatic nitrogens is 2. The van der Waals surface area contributed by atoms with Crippen molar-refractivity contribution in [1.82, 2.24) is 9.97 Å². The van der Waals surface area contributed by atoms with Crippen molar-refractivity contribution in [2.24, 2.45) is 0 Å². The second-order valence-electron chi connectivity index (χ2n) is 6.42. The monoisotopic (exact) mass is 433 g/mol. The molecular weight excluding hydrogens is 416 g/mol. The summed E-state index contributed by atoms with van der Waals surface area (Å²) >= 11 is 11.9. The van der Waals surface area contributed by atoms with Crippen LogP contribution in [0.2, 0.25) is 10.0 Å². The van der Waals surface area contributed by atoms with Crippen molar-refractivity contribution < 1.29 is 9.13 Å². The summed E-state index contributed by atoms with van der Waals surface area (Å²) in [5.41, 5.74) is 2.45. The topological polar surface area (TPSA) is 62.3 Å². The zero-order valence-corrected chi connectivity index (χ0v) is 16.8. The molecule has 2 N–H and O–H groups in total. The quantitative estimate of drug-likeness (QED) is 0.572. The SMILES string of the molecule is Fc1cnc(Nc2cccc(N3CCOCC3)c2)nc1Nc1ccc(Cl)c(Cl)c1. The van der Waals surface area contributed by atoms with Gasteiger partial charge in [0.2, 0.25) is 5.95 Å². The lowest BCUT2D eigenvalue weighted by Crippen LogP contribution is -2.36. The summed E-state index contributed by atoms with van der Waals surface area (Å²) in [4.78, 5) is 10.5. The predicted octanol–water partition coefficient (Wildman–Crippen LogP) is 5.25. The van der Waals surface area contributed by atoms with Gasteiger partial charge in [0, 0.05) is 30.2 Å². The van der Waals surface area contributed by atoms with Gasteiger partial charge in [-0.1, -0.05) is 29.3 Å². The van der Waals surface area contributed by atoms with Crippen LogP contribution in [0, 0.1) is 5.82 Å². The molecule has 4 rings (SSSR count). The van der Waals surface area contributed by atoms with E-state index in [1.165, 1.54) is 0 Å². The minimum Gasteiger partial charge on any atom is -0.378 e. The fourth-order valence-electron chi connectivity index (χ4n) is 2.96. The van der Waals surface area contributed by atoms with Crippen molar-refractivity contribution in [3.63, 3.8) is 0 Å². The van der Waals surface area contributed by atoms with Crippen molar-refractivity contribution in [1.29, 1.82) is 0 Å². The van der Waals surface area contributed by atoms with Gasteiger partial charge in [0.1, 0.15) is 0 Å². The highest BCUT2D eigenvalue weighted by atomic mass is 35.5. The first-order chi connectivity index (χ1) is 14.1. The lowest BCUT2D eigenvalue weighted by molar-refractivity contribution is 0.122. The van der Waals surface area contributed by atoms with Gasteiger partial charge >= 0.3 is 0 Å². The van der Waals surface area contributed by atoms with E-state index in [-0.39, 0.29) is 11.8 Å². The zero-order valence-electron chi connectivity index (χ0n) is 15.3. The van der Waals surface area contributed by atoms with Crippen LogP contribution in [0.3, 0.4) is 0 Å². The molecule has 3 aromatic rings. The lowest BCUT2D eigenvalue weighted by atomic mass is 10.2. The molecule has 0 atom stereocenters. The number of nitrogens with one attached hydrogen (secondary N) is 2. The van der Waals surface area contributed by atoms with Crippen molar-refractivity contribution in [2.75, 3.05) is 41.8 Å². The third-order valence-corrected chi connectivity index (χ3v) is 5.14. The Hall–Kier alpha value is -2.61. The van der Waals surface area contributed by atoms with E-state index in [0.29, 0.717) is 28.9 Å². The number of morpholine rings is 1. The standard InChI is InChI=1S/C20H18Cl2FN5O/c21-16-5-4-14(11-17(16)22)25-19-18(23)12-24-20(27-19)26-13-2-1-3-15(10-13)28-6-8-29-9-7-28/h1-5,10-12H,6-9H2,(H2,24,25,26,27). The number of anilines is 5. The summed E-state index contributed by atoms with van der Waals surface area (Å²) in [6, 6.07) is 12.8. The predicted molar refractivity (Wildman–Crippen MR) is 114 cm³/mol. The molecule has 1 fully saturated rings. The molecule has 1 aliphatic heterocycles. The number of ether oxygens (including phenoxy) is 1. The van der Waals surface area contributed by atoms with E-state index >= 15 is 0 Å². The van der Waals surface area contributed by atoms with Gasteiger partial charge in [-0.25, -0.2) is 9.37 Å². The Morgan fingerprint density at radius 1 is 0.966 bits per heavy atom. The molecule has 6 nitrogen and oxygen atoms in total. The van der Waals surface area contributed by atoms with Crippen LogP contribution in [0.25, 0.3) is 0 Å². The highest BCUT2D eigenvalue weighted by Crippen LogP contribution is 2.28. The van der Waals surface area contributed by atoms with Crippen LogP contribution in [0.4, 0.5) is 33.2 Å². The third-order valence-electron chi connectivity index (χ3n) is 4.40. The summed E-state index contributed by atoms with van der Waals surface area (Å²) in [5, 5.41) is 6.81. The smallest absolute Gasteiger partial charge is 0.229 e. The Balaban J connectivity index is 1.52. The number of hydrogen-bond donors (Lipinski definition) is 2. The molecule has 0 spiro atoms. The molecule has 0 saturated carbocycles. The molecular formula is C20H18Cl2FN5O. The van der Waals surface area contributed by atoms with Crippen LogP contribution in [-0.2, 0) is 4.74 Å². The number of hydrogen-bond acceptors (Lipinski definition) is 6. The molecule has 1 saturated heterocycles. The summed E-state index contributed by atoms with van der Waals surface area (Å²) in [5.74, 6) is -0.276. The Morgan fingerprint density at radius 2 is 1.76 bits per heavy atom. The van der Waals surface area contributed by atoms with E-state index in [1.807, 2.05) is 24.3 Å². The van der Waals surface area contributed by atoms with E-state index in [0.717, 1.165) is 30.7 Å². The maximum atomic E-state index is 14.2. The first-order valence-corrected chi connectivity index (χ1v) is 9.78. The number of halogens is 3. The van der Waals surface area contributed by atoms with E-state index in [9.17, 15) is 4.39 Å². The normalized spacial score (nSPS) is 14.0. The van der Waals surface area contributed by atoms with E-state index in [2.05, 4.69) is 25.5 Å². The van der Waals surface area contributed by atoms with Gasteiger partial charge < -0.3 is 20.3 Å². The second kappa shape index (κ2) is 8.82. The second-order valence-corrected chi connectivity index (χ2v) is 7.23. The van der Waals surface area contributed by atoms with Gasteiger partial charge in [-0.15, -0.1) is 0 Å². The van der Waals surface area contributed by atoms with Gasteiger partial charge in [0.05, 0.1) is 29.5 Å². The van der Waals surface area contributed by atoms with E-state index < -0.39 is 5.82 Å². The van der Waals surface area contributed by atoms with Gasteiger partial charge in [0.25, 0.3) is 0 Å². The first-order valence-electron chi connectivity index (χ1n) is 9.03. The van der Waals surface area contributed by atoms with Crippen molar-refractivity contribution in [2.45, 2.75) is 0 Å². The number of nitrogens with zero attached hydrogens (tertiary/aromatic N) is 3. The highest BCUT2D eigenvalue weighted by Gasteiger charge is 2.13. The molecule has 1 aliphatic rings. The van der Waals surface area contributed by atoms with Gasteiger partial charge in [-0.3, -0.25) is 0 Å². The van der Waals surface area contributed by atoms with Crippen molar-refractivity contribution in [3.05, 3.63) is 64.5 Å². The number of rotatable bonds is 5. The average molecular weight is 434 g/mol. The average Bonchev–Trinajstić information content (AvgIpc) is 2.74. The fourth-order valence-corrected chi connectivity index (χ4v) is 3.25. The zero-order chi connectivity index (χ0) is 20.2. The molecule has 2 heterocycles. The third kappa shape index (κ3) is 4.87. The minimum atomic E-state index is -0.580. The minimum absolute atomic E-state index is 0.0326. The van der Waals surface area contributed by atoms with Gasteiger partial charge in [0.15, 0.2) is 11.6 Å². The Bertz CT molecular complexity index is 1010. The van der Waals surface area contributed by atoms with Crippen molar-refractivity contribution in [3.8, 4) is 0 Å². The first kappa shape index (κ1) is 19.7. The molecule has 0 aliphatic carbocycles. The van der Waals surface area contributed by atoms with Crippen LogP contribution >= 0.6 is 23.2 Å². The molecule has 29 heavy (non-hydrogen) atoms. The molecule has 1 aromatic heterocycles. The van der Waals surface area contributed by atoms with Crippen LogP contribution in [0.1, 0.15) is 0 Å². The highest BCUT2D eigenvalue weighted by molar-refractivity contribution is 6.42.